The van der Waals surface area contributed by atoms with Crippen LogP contribution in [0, 0.1) is 0 Å². The molecule has 0 saturated carbocycles. The molecular formula is C20H21NO3. The number of nitrogens with two attached hydrogens (primary N) is 1. The van der Waals surface area contributed by atoms with E-state index in [1.807, 2.05) is 37.3 Å². The van der Waals surface area contributed by atoms with E-state index >= 15 is 0 Å². The fourth-order valence-electron chi connectivity index (χ4n) is 2.41. The first-order chi connectivity index (χ1) is 11.5. The summed E-state index contributed by atoms with van der Waals surface area (Å²) in [6, 6.07) is 20.8. The number of fused-ring (bicyclic) bond motifs is 1. The maximum Gasteiger partial charge on any atom is 0.339 e. The highest BCUT2D eigenvalue weighted by Crippen LogP contribution is 2.28. The van der Waals surface area contributed by atoms with E-state index in [1.54, 1.807) is 18.2 Å². The molecule has 0 amide bonds. The second-order valence-electron chi connectivity index (χ2n) is 5.66. The van der Waals surface area contributed by atoms with E-state index in [4.69, 9.17) is 10.8 Å². The van der Waals surface area contributed by atoms with Crippen molar-refractivity contribution >= 4 is 16.7 Å². The number of carboxylic acids is 1. The third-order valence-electron chi connectivity index (χ3n) is 3.53. The van der Waals surface area contributed by atoms with Crippen LogP contribution in [0.3, 0.4) is 0 Å². The topological polar surface area (TPSA) is 83.6 Å². The molecule has 1 atom stereocenters. The van der Waals surface area contributed by atoms with Crippen LogP contribution in [0.2, 0.25) is 0 Å². The van der Waals surface area contributed by atoms with Crippen molar-refractivity contribution in [2.45, 2.75) is 19.4 Å². The lowest BCUT2D eigenvalue weighted by molar-refractivity contribution is 0.0694. The van der Waals surface area contributed by atoms with E-state index in [2.05, 4.69) is 12.1 Å². The Morgan fingerprint density at radius 2 is 1.62 bits per heavy atom. The first-order valence-electron chi connectivity index (χ1n) is 7.72. The molecule has 0 fully saturated rings. The number of carboxylic acid groups (broad SMARTS) is 1. The van der Waals surface area contributed by atoms with Crippen LogP contribution in [-0.2, 0) is 6.42 Å². The smallest absolute Gasteiger partial charge is 0.339 e. The fourth-order valence-corrected chi connectivity index (χ4v) is 2.41. The zero-order valence-electron chi connectivity index (χ0n) is 13.5. The highest BCUT2D eigenvalue weighted by atomic mass is 16.4. The van der Waals surface area contributed by atoms with Crippen LogP contribution in [0.15, 0.2) is 66.7 Å². The number of phenols is 1. The third kappa shape index (κ3) is 4.57. The van der Waals surface area contributed by atoms with Crippen LogP contribution in [0.4, 0.5) is 0 Å². The lowest BCUT2D eigenvalue weighted by atomic mass is 10.1. The van der Waals surface area contributed by atoms with Gasteiger partial charge >= 0.3 is 5.97 Å². The summed E-state index contributed by atoms with van der Waals surface area (Å²) in [4.78, 5) is 10.7. The SMILES string of the molecule is CC(N)Cc1ccccc1.O=C(O)c1ccc2ccccc2c1O. The number of benzene rings is 3. The van der Waals surface area contributed by atoms with E-state index in [9.17, 15) is 9.90 Å². The minimum atomic E-state index is -1.12. The Hall–Kier alpha value is -2.85. The van der Waals surface area contributed by atoms with E-state index in [0.29, 0.717) is 5.39 Å². The molecule has 1 unspecified atom stereocenters. The van der Waals surface area contributed by atoms with Crippen LogP contribution < -0.4 is 5.73 Å². The van der Waals surface area contributed by atoms with Gasteiger partial charge in [-0.05, 0) is 30.4 Å². The van der Waals surface area contributed by atoms with Crippen molar-refractivity contribution in [2.24, 2.45) is 5.73 Å². The third-order valence-corrected chi connectivity index (χ3v) is 3.53. The van der Waals surface area contributed by atoms with Gasteiger partial charge in [-0.25, -0.2) is 4.79 Å². The summed E-state index contributed by atoms with van der Waals surface area (Å²) in [6.45, 7) is 2.02. The van der Waals surface area contributed by atoms with E-state index in [0.717, 1.165) is 11.8 Å². The minimum absolute atomic E-state index is 0.0660. The predicted molar refractivity (Wildman–Crippen MR) is 96.4 cm³/mol. The molecule has 0 aliphatic rings. The van der Waals surface area contributed by atoms with Crippen molar-refractivity contribution in [3.05, 3.63) is 77.9 Å². The predicted octanol–water partition coefficient (Wildman–Crippen LogP) is 3.82. The van der Waals surface area contributed by atoms with E-state index in [-0.39, 0.29) is 17.4 Å². The zero-order chi connectivity index (χ0) is 17.5. The van der Waals surface area contributed by atoms with Gasteiger partial charge in [-0.1, -0.05) is 60.7 Å². The minimum Gasteiger partial charge on any atom is -0.506 e. The van der Waals surface area contributed by atoms with Crippen molar-refractivity contribution in [1.29, 1.82) is 0 Å². The molecule has 4 nitrogen and oxygen atoms in total. The summed E-state index contributed by atoms with van der Waals surface area (Å²) in [5, 5.41) is 19.8. The number of aromatic carboxylic acids is 1. The molecule has 0 radical (unpaired) electrons. The number of hydrogen-bond acceptors (Lipinski definition) is 3. The van der Waals surface area contributed by atoms with Crippen molar-refractivity contribution in [1.82, 2.24) is 0 Å². The van der Waals surface area contributed by atoms with Crippen LogP contribution in [0.5, 0.6) is 5.75 Å². The summed E-state index contributed by atoms with van der Waals surface area (Å²) >= 11 is 0. The first kappa shape index (κ1) is 17.5. The molecule has 0 saturated heterocycles. The van der Waals surface area contributed by atoms with Gasteiger partial charge in [0.2, 0.25) is 0 Å². The second-order valence-corrected chi connectivity index (χ2v) is 5.66. The fraction of sp³-hybridized carbons (Fsp3) is 0.150. The molecule has 124 valence electrons. The van der Waals surface area contributed by atoms with E-state index < -0.39 is 5.97 Å². The Kier molecular flexibility index (Phi) is 5.93. The first-order valence-corrected chi connectivity index (χ1v) is 7.72. The Bertz CT molecular complexity index is 813. The van der Waals surface area contributed by atoms with Crippen LogP contribution in [-0.4, -0.2) is 22.2 Å². The highest BCUT2D eigenvalue weighted by Gasteiger charge is 2.11. The van der Waals surface area contributed by atoms with Gasteiger partial charge in [0, 0.05) is 11.4 Å². The molecule has 3 aromatic rings. The van der Waals surface area contributed by atoms with Gasteiger partial charge in [0.25, 0.3) is 0 Å². The molecule has 0 bridgehead atoms. The van der Waals surface area contributed by atoms with Gasteiger partial charge < -0.3 is 15.9 Å². The molecule has 3 rings (SSSR count). The van der Waals surface area contributed by atoms with Crippen molar-refractivity contribution in [3.8, 4) is 5.75 Å². The Balaban J connectivity index is 0.000000185. The molecule has 4 heteroatoms. The zero-order valence-corrected chi connectivity index (χ0v) is 13.5. The van der Waals surface area contributed by atoms with Gasteiger partial charge in [0.15, 0.2) is 0 Å². The normalized spacial score (nSPS) is 11.4. The van der Waals surface area contributed by atoms with E-state index in [1.165, 1.54) is 11.6 Å². The number of hydrogen-bond donors (Lipinski definition) is 3. The Morgan fingerprint density at radius 1 is 1.00 bits per heavy atom. The van der Waals surface area contributed by atoms with Crippen molar-refractivity contribution in [2.75, 3.05) is 0 Å². The van der Waals surface area contributed by atoms with Crippen molar-refractivity contribution in [3.63, 3.8) is 0 Å². The monoisotopic (exact) mass is 323 g/mol. The van der Waals surface area contributed by atoms with Gasteiger partial charge in [-0.3, -0.25) is 0 Å². The molecule has 0 heterocycles. The molecular weight excluding hydrogens is 302 g/mol. The molecule has 0 spiro atoms. The highest BCUT2D eigenvalue weighted by molar-refractivity contribution is 6.00. The van der Waals surface area contributed by atoms with Crippen molar-refractivity contribution < 1.29 is 15.0 Å². The molecule has 4 N–H and O–H groups in total. The van der Waals surface area contributed by atoms with Gasteiger partial charge in [0.05, 0.1) is 0 Å². The quantitative estimate of drug-likeness (QED) is 0.684. The number of carbonyl (C=O) groups is 1. The number of rotatable bonds is 3. The molecule has 0 aromatic heterocycles. The largest absolute Gasteiger partial charge is 0.506 e. The van der Waals surface area contributed by atoms with Crippen LogP contribution in [0.25, 0.3) is 10.8 Å². The summed E-state index contributed by atoms with van der Waals surface area (Å²) in [6.07, 6.45) is 0.973. The van der Waals surface area contributed by atoms with Gasteiger partial charge in [-0.15, -0.1) is 0 Å². The van der Waals surface area contributed by atoms with Gasteiger partial charge in [0.1, 0.15) is 11.3 Å². The lowest BCUT2D eigenvalue weighted by Gasteiger charge is -2.03. The maximum atomic E-state index is 10.7. The van der Waals surface area contributed by atoms with Gasteiger partial charge in [-0.2, -0.15) is 0 Å². The average molecular weight is 323 g/mol. The molecule has 0 aliphatic heterocycles. The summed E-state index contributed by atoms with van der Waals surface area (Å²) in [5.74, 6) is -1.29. The molecule has 24 heavy (non-hydrogen) atoms. The van der Waals surface area contributed by atoms with Crippen LogP contribution >= 0.6 is 0 Å². The summed E-state index contributed by atoms with van der Waals surface area (Å²) < 4.78 is 0. The summed E-state index contributed by atoms with van der Waals surface area (Å²) in [7, 11) is 0. The average Bonchev–Trinajstić information content (AvgIpc) is 2.56. The number of aromatic hydroxyl groups is 1. The Morgan fingerprint density at radius 3 is 2.25 bits per heavy atom. The second kappa shape index (κ2) is 8.13. The Labute approximate surface area is 141 Å². The molecule has 0 aliphatic carbocycles. The maximum absolute atomic E-state index is 10.7. The summed E-state index contributed by atoms with van der Waals surface area (Å²) in [5.41, 5.74) is 6.88. The lowest BCUT2D eigenvalue weighted by Crippen LogP contribution is -2.17. The van der Waals surface area contributed by atoms with Crippen LogP contribution in [0.1, 0.15) is 22.8 Å². The standard InChI is InChI=1S/C11H8O3.C9H13N/c12-10-8-4-2-1-3-7(8)5-6-9(10)11(13)14;1-8(10)7-9-5-3-2-4-6-9/h1-6,12H,(H,13,14);2-6,8H,7,10H2,1H3. The molecule has 3 aromatic carbocycles.